The predicted octanol–water partition coefficient (Wildman–Crippen LogP) is 4.69. The van der Waals surface area contributed by atoms with E-state index in [0.717, 1.165) is 12.8 Å². The molecule has 3 rings (SSSR count). The second-order valence-electron chi connectivity index (χ2n) is 5.61. The molecular formula is C17H16Cl2N2O2S. The first-order valence-electron chi connectivity index (χ1n) is 7.66. The van der Waals surface area contributed by atoms with E-state index in [2.05, 4.69) is 5.32 Å². The molecule has 0 spiro atoms. The van der Waals surface area contributed by atoms with Gasteiger partial charge in [0.2, 0.25) is 5.91 Å². The first-order valence-corrected chi connectivity index (χ1v) is 9.30. The first-order chi connectivity index (χ1) is 11.6. The summed E-state index contributed by atoms with van der Waals surface area (Å²) in [6, 6.07) is 8.09. The van der Waals surface area contributed by atoms with Crippen LogP contribution in [-0.4, -0.2) is 29.3 Å². The van der Waals surface area contributed by atoms with E-state index in [1.165, 1.54) is 11.3 Å². The standard InChI is InChI=1S/C17H16Cl2N2O2S/c18-12-7-6-11(10-13(12)19)20-16(22)14-4-1-2-8-21(14)17(23)15-5-3-9-24-15/h3,5-7,9-10,14H,1-2,4,8H2,(H,20,22)/t14-/m1/s1. The van der Waals surface area contributed by atoms with E-state index in [0.29, 0.717) is 33.6 Å². The van der Waals surface area contributed by atoms with Crippen LogP contribution in [0.1, 0.15) is 28.9 Å². The van der Waals surface area contributed by atoms with Gasteiger partial charge in [0.15, 0.2) is 0 Å². The minimum Gasteiger partial charge on any atom is -0.326 e. The van der Waals surface area contributed by atoms with Crippen LogP contribution in [0.5, 0.6) is 0 Å². The second-order valence-corrected chi connectivity index (χ2v) is 7.37. The third-order valence-corrected chi connectivity index (χ3v) is 5.58. The number of piperidine rings is 1. The van der Waals surface area contributed by atoms with Gasteiger partial charge >= 0.3 is 0 Å². The Kier molecular flexibility index (Phi) is 5.43. The molecule has 1 saturated heterocycles. The number of likely N-dealkylation sites (tertiary alicyclic amines) is 1. The van der Waals surface area contributed by atoms with E-state index < -0.39 is 6.04 Å². The average Bonchev–Trinajstić information content (AvgIpc) is 3.12. The van der Waals surface area contributed by atoms with E-state index in [1.807, 2.05) is 11.4 Å². The van der Waals surface area contributed by atoms with Crippen molar-refractivity contribution in [1.29, 1.82) is 0 Å². The molecule has 7 heteroatoms. The van der Waals surface area contributed by atoms with Gasteiger partial charge in [0.25, 0.3) is 5.91 Å². The van der Waals surface area contributed by atoms with E-state index >= 15 is 0 Å². The molecule has 0 saturated carbocycles. The number of anilines is 1. The quantitative estimate of drug-likeness (QED) is 0.836. The highest BCUT2D eigenvalue weighted by molar-refractivity contribution is 7.12. The van der Waals surface area contributed by atoms with Gasteiger partial charge in [0.1, 0.15) is 6.04 Å². The SMILES string of the molecule is O=C(Nc1ccc(Cl)c(Cl)c1)[C@H]1CCCCN1C(=O)c1cccs1. The van der Waals surface area contributed by atoms with E-state index in [4.69, 9.17) is 23.2 Å². The van der Waals surface area contributed by atoms with E-state index in [-0.39, 0.29) is 11.8 Å². The Morgan fingerprint density at radius 3 is 2.71 bits per heavy atom. The van der Waals surface area contributed by atoms with Crippen molar-refractivity contribution >= 4 is 52.0 Å². The highest BCUT2D eigenvalue weighted by Gasteiger charge is 2.33. The normalized spacial score (nSPS) is 17.6. The van der Waals surface area contributed by atoms with Crippen LogP contribution in [0.15, 0.2) is 35.7 Å². The fraction of sp³-hybridized carbons (Fsp3) is 0.294. The topological polar surface area (TPSA) is 49.4 Å². The maximum absolute atomic E-state index is 12.7. The van der Waals surface area contributed by atoms with Gasteiger partial charge in [-0.3, -0.25) is 9.59 Å². The summed E-state index contributed by atoms with van der Waals surface area (Å²) in [4.78, 5) is 27.6. The van der Waals surface area contributed by atoms with Crippen molar-refractivity contribution < 1.29 is 9.59 Å². The fourth-order valence-corrected chi connectivity index (χ4v) is 3.77. The molecule has 1 fully saturated rings. The van der Waals surface area contributed by atoms with Crippen molar-refractivity contribution in [3.05, 3.63) is 50.6 Å². The minimum atomic E-state index is -0.470. The molecule has 2 amide bonds. The molecule has 2 heterocycles. The van der Waals surface area contributed by atoms with Crippen LogP contribution >= 0.6 is 34.5 Å². The lowest BCUT2D eigenvalue weighted by Gasteiger charge is -2.34. The molecule has 1 aromatic heterocycles. The van der Waals surface area contributed by atoms with Crippen LogP contribution in [0.3, 0.4) is 0 Å². The molecule has 24 heavy (non-hydrogen) atoms. The number of nitrogens with zero attached hydrogens (tertiary/aromatic N) is 1. The summed E-state index contributed by atoms with van der Waals surface area (Å²) < 4.78 is 0. The maximum atomic E-state index is 12.7. The number of carbonyl (C=O) groups is 2. The van der Waals surface area contributed by atoms with Crippen molar-refractivity contribution in [2.75, 3.05) is 11.9 Å². The van der Waals surface area contributed by atoms with Crippen molar-refractivity contribution in [2.24, 2.45) is 0 Å². The molecule has 0 unspecified atom stereocenters. The lowest BCUT2D eigenvalue weighted by atomic mass is 10.0. The smallest absolute Gasteiger partial charge is 0.264 e. The number of hydrogen-bond acceptors (Lipinski definition) is 3. The Balaban J connectivity index is 1.75. The number of benzene rings is 1. The van der Waals surface area contributed by atoms with E-state index in [9.17, 15) is 9.59 Å². The van der Waals surface area contributed by atoms with Crippen LogP contribution < -0.4 is 5.32 Å². The van der Waals surface area contributed by atoms with Gasteiger partial charge in [0, 0.05) is 12.2 Å². The molecule has 0 aliphatic carbocycles. The van der Waals surface area contributed by atoms with Crippen LogP contribution in [0.25, 0.3) is 0 Å². The van der Waals surface area contributed by atoms with Crippen molar-refractivity contribution in [1.82, 2.24) is 4.90 Å². The van der Waals surface area contributed by atoms with E-state index in [1.54, 1.807) is 29.2 Å². The Morgan fingerprint density at radius 1 is 1.17 bits per heavy atom. The molecule has 1 aliphatic rings. The third-order valence-electron chi connectivity index (χ3n) is 3.99. The number of halogens is 2. The molecule has 1 atom stereocenters. The number of nitrogens with one attached hydrogen (secondary N) is 1. The summed E-state index contributed by atoms with van der Waals surface area (Å²) in [5.74, 6) is -0.281. The van der Waals surface area contributed by atoms with Crippen molar-refractivity contribution in [3.8, 4) is 0 Å². The molecule has 2 aromatic rings. The van der Waals surface area contributed by atoms with Crippen LogP contribution in [0, 0.1) is 0 Å². The predicted molar refractivity (Wildman–Crippen MR) is 98.1 cm³/mol. The van der Waals surface area contributed by atoms with Crippen LogP contribution in [-0.2, 0) is 4.79 Å². The first kappa shape index (κ1) is 17.3. The van der Waals surface area contributed by atoms with Crippen LogP contribution in [0.4, 0.5) is 5.69 Å². The second kappa shape index (κ2) is 7.55. The molecule has 1 N–H and O–H groups in total. The Morgan fingerprint density at radius 2 is 2.00 bits per heavy atom. The molecule has 1 aliphatic heterocycles. The van der Waals surface area contributed by atoms with Crippen LogP contribution in [0.2, 0.25) is 10.0 Å². The van der Waals surface area contributed by atoms with Crippen molar-refractivity contribution in [2.45, 2.75) is 25.3 Å². The highest BCUT2D eigenvalue weighted by Crippen LogP contribution is 2.27. The van der Waals surface area contributed by atoms with Gasteiger partial charge < -0.3 is 10.2 Å². The average molecular weight is 383 g/mol. The number of hydrogen-bond donors (Lipinski definition) is 1. The zero-order chi connectivity index (χ0) is 17.1. The molecule has 1 aromatic carbocycles. The monoisotopic (exact) mass is 382 g/mol. The summed E-state index contributed by atoms with van der Waals surface area (Å²) in [5.41, 5.74) is 0.573. The number of thiophene rings is 1. The van der Waals surface area contributed by atoms with Gasteiger partial charge in [0.05, 0.1) is 14.9 Å². The molecule has 0 radical (unpaired) electrons. The number of amides is 2. The molecule has 4 nitrogen and oxygen atoms in total. The molecule has 126 valence electrons. The largest absolute Gasteiger partial charge is 0.326 e. The number of carbonyl (C=O) groups excluding carboxylic acids is 2. The summed E-state index contributed by atoms with van der Waals surface area (Å²) >= 11 is 13.3. The number of rotatable bonds is 3. The maximum Gasteiger partial charge on any atom is 0.264 e. The fourth-order valence-electron chi connectivity index (χ4n) is 2.79. The lowest BCUT2D eigenvalue weighted by Crippen LogP contribution is -2.49. The van der Waals surface area contributed by atoms with Gasteiger partial charge in [-0.05, 0) is 48.9 Å². The lowest BCUT2D eigenvalue weighted by molar-refractivity contribution is -0.121. The Labute approximate surface area is 154 Å². The Hall–Kier alpha value is -1.56. The third kappa shape index (κ3) is 3.74. The molecular weight excluding hydrogens is 367 g/mol. The zero-order valence-corrected chi connectivity index (χ0v) is 15.1. The highest BCUT2D eigenvalue weighted by atomic mass is 35.5. The van der Waals surface area contributed by atoms with Crippen molar-refractivity contribution in [3.63, 3.8) is 0 Å². The van der Waals surface area contributed by atoms with Gasteiger partial charge in [-0.2, -0.15) is 0 Å². The molecule has 0 bridgehead atoms. The minimum absolute atomic E-state index is 0.0843. The van der Waals surface area contributed by atoms with Gasteiger partial charge in [-0.1, -0.05) is 29.3 Å². The van der Waals surface area contributed by atoms with Gasteiger partial charge in [-0.15, -0.1) is 11.3 Å². The Bertz CT molecular complexity index is 749. The zero-order valence-electron chi connectivity index (χ0n) is 12.8. The summed E-state index contributed by atoms with van der Waals surface area (Å²) in [6.45, 7) is 0.593. The summed E-state index contributed by atoms with van der Waals surface area (Å²) in [5, 5.41) is 5.51. The van der Waals surface area contributed by atoms with Gasteiger partial charge in [-0.25, -0.2) is 0 Å². The summed E-state index contributed by atoms with van der Waals surface area (Å²) in [6.07, 6.45) is 2.49. The summed E-state index contributed by atoms with van der Waals surface area (Å²) in [7, 11) is 0.